The monoisotopic (exact) mass is 291 g/mol. The zero-order valence-electron chi connectivity index (χ0n) is 11.6. The molecule has 0 aliphatic carbocycles. The molecule has 2 rings (SSSR count). The fourth-order valence-electron chi connectivity index (χ4n) is 1.95. The summed E-state index contributed by atoms with van der Waals surface area (Å²) in [4.78, 5) is 1.91. The number of hydrogen-bond donors (Lipinski definition) is 1. The van der Waals surface area contributed by atoms with Crippen LogP contribution in [0.1, 0.15) is 12.5 Å². The van der Waals surface area contributed by atoms with Crippen LogP contribution in [0.3, 0.4) is 0 Å². The van der Waals surface area contributed by atoms with E-state index in [1.54, 1.807) is 13.2 Å². The van der Waals surface area contributed by atoms with Crippen molar-refractivity contribution in [3.8, 4) is 5.75 Å². The van der Waals surface area contributed by atoms with Crippen LogP contribution in [0.4, 0.5) is 4.39 Å². The van der Waals surface area contributed by atoms with Gasteiger partial charge in [0, 0.05) is 21.4 Å². The van der Waals surface area contributed by atoms with Crippen molar-refractivity contribution in [3.63, 3.8) is 0 Å². The minimum atomic E-state index is -0.199. The van der Waals surface area contributed by atoms with Gasteiger partial charge in [-0.05, 0) is 43.7 Å². The molecule has 0 saturated carbocycles. The Morgan fingerprint density at radius 1 is 1.25 bits per heavy atom. The van der Waals surface area contributed by atoms with Crippen molar-refractivity contribution in [2.45, 2.75) is 29.2 Å². The number of benzene rings is 2. The Morgan fingerprint density at radius 2 is 2.00 bits per heavy atom. The van der Waals surface area contributed by atoms with Gasteiger partial charge < -0.3 is 10.5 Å². The van der Waals surface area contributed by atoms with Crippen molar-refractivity contribution in [1.82, 2.24) is 0 Å². The molecule has 2 N–H and O–H groups in total. The molecule has 0 heterocycles. The lowest BCUT2D eigenvalue weighted by molar-refractivity contribution is 0.413. The first-order chi connectivity index (χ1) is 9.60. The van der Waals surface area contributed by atoms with Gasteiger partial charge in [0.15, 0.2) is 0 Å². The maximum Gasteiger partial charge on any atom is 0.127 e. The highest BCUT2D eigenvalue weighted by Crippen LogP contribution is 2.33. The fraction of sp³-hybridized carbons (Fsp3) is 0.250. The van der Waals surface area contributed by atoms with E-state index in [0.29, 0.717) is 12.0 Å². The molecule has 1 atom stereocenters. The lowest BCUT2D eigenvalue weighted by Gasteiger charge is -2.12. The third kappa shape index (κ3) is 3.74. The summed E-state index contributed by atoms with van der Waals surface area (Å²) in [6, 6.07) is 12.8. The number of ether oxygens (including phenoxy) is 1. The Labute approximate surface area is 123 Å². The Hall–Kier alpha value is -1.52. The van der Waals surface area contributed by atoms with Crippen LogP contribution in [0.25, 0.3) is 0 Å². The summed E-state index contributed by atoms with van der Waals surface area (Å²) < 4.78 is 19.2. The van der Waals surface area contributed by atoms with E-state index >= 15 is 0 Å². The molecule has 20 heavy (non-hydrogen) atoms. The quantitative estimate of drug-likeness (QED) is 0.908. The van der Waals surface area contributed by atoms with Gasteiger partial charge in [0.1, 0.15) is 11.6 Å². The second-order valence-electron chi connectivity index (χ2n) is 4.68. The number of hydrogen-bond acceptors (Lipinski definition) is 3. The lowest BCUT2D eigenvalue weighted by atomic mass is 10.1. The molecule has 106 valence electrons. The SMILES string of the molecule is COc1cccc(Sc2cccc(F)c2CC(C)N)c1. The predicted octanol–water partition coefficient (Wildman–Crippen LogP) is 3.88. The van der Waals surface area contributed by atoms with Gasteiger partial charge in [-0.1, -0.05) is 23.9 Å². The van der Waals surface area contributed by atoms with Crippen molar-refractivity contribution in [3.05, 3.63) is 53.8 Å². The highest BCUT2D eigenvalue weighted by Gasteiger charge is 2.11. The van der Waals surface area contributed by atoms with Crippen molar-refractivity contribution >= 4 is 11.8 Å². The molecule has 0 saturated heterocycles. The number of nitrogens with two attached hydrogens (primary N) is 1. The fourth-order valence-corrected chi connectivity index (χ4v) is 2.97. The average Bonchev–Trinajstić information content (AvgIpc) is 2.42. The summed E-state index contributed by atoms with van der Waals surface area (Å²) in [6.07, 6.45) is 0.527. The van der Waals surface area contributed by atoms with Crippen molar-refractivity contribution < 1.29 is 9.13 Å². The summed E-state index contributed by atoms with van der Waals surface area (Å²) in [7, 11) is 1.63. The van der Waals surface area contributed by atoms with E-state index in [1.165, 1.54) is 17.8 Å². The second kappa shape index (κ2) is 6.77. The molecule has 0 bridgehead atoms. The van der Waals surface area contributed by atoms with E-state index in [9.17, 15) is 4.39 Å². The molecule has 0 aliphatic heterocycles. The Kier molecular flexibility index (Phi) is 5.04. The number of rotatable bonds is 5. The second-order valence-corrected chi connectivity index (χ2v) is 5.79. The van der Waals surface area contributed by atoms with Crippen LogP contribution in [0, 0.1) is 5.82 Å². The summed E-state index contributed by atoms with van der Waals surface area (Å²) in [5.41, 5.74) is 6.48. The summed E-state index contributed by atoms with van der Waals surface area (Å²) in [6.45, 7) is 1.88. The minimum Gasteiger partial charge on any atom is -0.497 e. The van der Waals surface area contributed by atoms with E-state index in [0.717, 1.165) is 15.5 Å². The molecule has 2 aromatic carbocycles. The normalized spacial score (nSPS) is 12.2. The van der Waals surface area contributed by atoms with Crippen molar-refractivity contribution in [2.24, 2.45) is 5.73 Å². The standard InChI is InChI=1S/C16H18FNOS/c1-11(18)9-14-15(17)7-4-8-16(14)20-13-6-3-5-12(10-13)19-2/h3-8,10-11H,9,18H2,1-2H3. The van der Waals surface area contributed by atoms with Crippen molar-refractivity contribution in [1.29, 1.82) is 0 Å². The zero-order valence-corrected chi connectivity index (χ0v) is 12.4. The molecule has 0 amide bonds. The summed E-state index contributed by atoms with van der Waals surface area (Å²) >= 11 is 1.52. The lowest BCUT2D eigenvalue weighted by Crippen LogP contribution is -2.19. The van der Waals surface area contributed by atoms with E-state index in [2.05, 4.69) is 0 Å². The van der Waals surface area contributed by atoms with Gasteiger partial charge in [0.25, 0.3) is 0 Å². The third-order valence-corrected chi connectivity index (χ3v) is 3.96. The first-order valence-electron chi connectivity index (χ1n) is 6.45. The van der Waals surface area contributed by atoms with Gasteiger partial charge >= 0.3 is 0 Å². The average molecular weight is 291 g/mol. The van der Waals surface area contributed by atoms with Crippen LogP contribution >= 0.6 is 11.8 Å². The molecular formula is C16H18FNOS. The number of halogens is 1. The summed E-state index contributed by atoms with van der Waals surface area (Å²) in [5.74, 6) is 0.593. The van der Waals surface area contributed by atoms with Gasteiger partial charge in [0.2, 0.25) is 0 Å². The molecule has 0 radical (unpaired) electrons. The first kappa shape index (κ1) is 14.9. The molecular weight excluding hydrogens is 273 g/mol. The minimum absolute atomic E-state index is 0.0726. The van der Waals surface area contributed by atoms with Crippen molar-refractivity contribution in [2.75, 3.05) is 7.11 Å². The van der Waals surface area contributed by atoms with E-state index in [1.807, 2.05) is 37.3 Å². The van der Waals surface area contributed by atoms with Crippen LogP contribution in [-0.4, -0.2) is 13.2 Å². The van der Waals surface area contributed by atoms with E-state index in [-0.39, 0.29) is 11.9 Å². The van der Waals surface area contributed by atoms with Crippen LogP contribution in [-0.2, 0) is 6.42 Å². The Morgan fingerprint density at radius 3 is 2.70 bits per heavy atom. The molecule has 0 spiro atoms. The molecule has 1 unspecified atom stereocenters. The Bertz CT molecular complexity index is 586. The topological polar surface area (TPSA) is 35.2 Å². The van der Waals surface area contributed by atoms with Gasteiger partial charge in [-0.3, -0.25) is 0 Å². The van der Waals surface area contributed by atoms with Crippen LogP contribution in [0.2, 0.25) is 0 Å². The zero-order chi connectivity index (χ0) is 14.5. The maximum absolute atomic E-state index is 14.0. The first-order valence-corrected chi connectivity index (χ1v) is 7.26. The molecule has 0 fully saturated rings. The molecule has 0 aromatic heterocycles. The molecule has 0 aliphatic rings. The summed E-state index contributed by atoms with van der Waals surface area (Å²) in [5, 5.41) is 0. The predicted molar refractivity (Wildman–Crippen MR) is 80.9 cm³/mol. The van der Waals surface area contributed by atoms with Gasteiger partial charge in [-0.15, -0.1) is 0 Å². The molecule has 2 nitrogen and oxygen atoms in total. The van der Waals surface area contributed by atoms with E-state index < -0.39 is 0 Å². The van der Waals surface area contributed by atoms with Gasteiger partial charge in [-0.25, -0.2) is 4.39 Å². The van der Waals surface area contributed by atoms with Crippen LogP contribution < -0.4 is 10.5 Å². The van der Waals surface area contributed by atoms with Gasteiger partial charge in [-0.2, -0.15) is 0 Å². The number of methoxy groups -OCH3 is 1. The van der Waals surface area contributed by atoms with E-state index in [4.69, 9.17) is 10.5 Å². The highest BCUT2D eigenvalue weighted by molar-refractivity contribution is 7.99. The van der Waals surface area contributed by atoms with Crippen LogP contribution in [0.5, 0.6) is 5.75 Å². The third-order valence-electron chi connectivity index (χ3n) is 2.87. The van der Waals surface area contributed by atoms with Crippen LogP contribution in [0.15, 0.2) is 52.3 Å². The smallest absolute Gasteiger partial charge is 0.127 e. The Balaban J connectivity index is 2.30. The largest absolute Gasteiger partial charge is 0.497 e. The highest BCUT2D eigenvalue weighted by atomic mass is 32.2. The molecule has 4 heteroatoms. The van der Waals surface area contributed by atoms with Gasteiger partial charge in [0.05, 0.1) is 7.11 Å². The maximum atomic E-state index is 14.0. The molecule has 2 aromatic rings.